The van der Waals surface area contributed by atoms with Crippen molar-refractivity contribution < 1.29 is 13.2 Å². The van der Waals surface area contributed by atoms with Gasteiger partial charge in [-0.25, -0.2) is 41.7 Å². The summed E-state index contributed by atoms with van der Waals surface area (Å²) in [7, 11) is 0. The zero-order valence-electron chi connectivity index (χ0n) is 48.7. The number of allylic oxidation sites excluding steroid dienone is 2. The van der Waals surface area contributed by atoms with Crippen LogP contribution in [0.1, 0.15) is 133 Å². The maximum Gasteiger partial charge on any atom is 0.156 e. The van der Waals surface area contributed by atoms with E-state index in [1.165, 1.54) is 43.4 Å². The topological polar surface area (TPSA) is 180 Å². The molecule has 0 amide bonds. The first-order chi connectivity index (χ1) is 40.7. The number of nitrogens with one attached hydrogen (secondary N) is 1. The Morgan fingerprint density at radius 2 is 0.826 bits per heavy atom. The number of rotatable bonds is 6. The third-order valence-electron chi connectivity index (χ3n) is 16.5. The highest BCUT2D eigenvalue weighted by atomic mass is 35.5. The van der Waals surface area contributed by atoms with Crippen molar-refractivity contribution >= 4 is 80.0 Å². The summed E-state index contributed by atoms with van der Waals surface area (Å²) in [4.78, 5) is 13.4. The van der Waals surface area contributed by atoms with Gasteiger partial charge in [0.1, 0.15) is 17.5 Å². The number of halogens is 5. The van der Waals surface area contributed by atoms with Crippen molar-refractivity contribution in [3.8, 4) is 33.8 Å². The number of hydrogen-bond acceptors (Lipinski definition) is 13. The van der Waals surface area contributed by atoms with Crippen LogP contribution in [0.4, 0.5) is 13.2 Å². The molecule has 86 heavy (non-hydrogen) atoms. The first-order valence-corrected chi connectivity index (χ1v) is 29.1. The fourth-order valence-corrected chi connectivity index (χ4v) is 12.1. The Balaban J connectivity index is 0.000000132. The molecular weight excluding hydrogens is 1130 g/mol. The van der Waals surface area contributed by atoms with Gasteiger partial charge in [0, 0.05) is 44.7 Å². The van der Waals surface area contributed by atoms with Crippen molar-refractivity contribution in [3.63, 3.8) is 0 Å². The van der Waals surface area contributed by atoms with E-state index in [0.29, 0.717) is 78.3 Å². The lowest BCUT2D eigenvalue weighted by molar-refractivity contribution is 0.434. The Morgan fingerprint density at radius 3 is 1.24 bits per heavy atom. The van der Waals surface area contributed by atoms with E-state index in [1.807, 2.05) is 115 Å². The van der Waals surface area contributed by atoms with Gasteiger partial charge in [-0.15, -0.1) is 29.9 Å². The Labute approximate surface area is 507 Å². The molecule has 1 aliphatic heterocycles. The average Bonchev–Trinajstić information content (AvgIpc) is 2.01. The molecule has 1 N–H and O–H groups in total. The maximum atomic E-state index is 15.0. The molecular formula is C65H65Cl2F3N16. The first-order valence-electron chi connectivity index (χ1n) is 29.1. The van der Waals surface area contributed by atoms with Crippen LogP contribution in [0, 0.1) is 59.0 Å². The van der Waals surface area contributed by atoms with Gasteiger partial charge in [0.25, 0.3) is 0 Å². The second-order valence-electron chi connectivity index (χ2n) is 22.9. The summed E-state index contributed by atoms with van der Waals surface area (Å²) in [5, 5.41) is 44.9. The van der Waals surface area contributed by atoms with Gasteiger partial charge >= 0.3 is 0 Å². The van der Waals surface area contributed by atoms with Gasteiger partial charge in [0.05, 0.1) is 86.4 Å². The molecule has 2 fully saturated rings. The lowest BCUT2D eigenvalue weighted by Crippen LogP contribution is -2.27. The Morgan fingerprint density at radius 1 is 0.419 bits per heavy atom. The number of aromatic nitrogens is 15. The molecule has 16 nitrogen and oxygen atoms in total. The lowest BCUT2D eigenvalue weighted by Gasteiger charge is -2.21. The molecule has 3 aliphatic rings. The molecule has 0 radical (unpaired) electrons. The summed E-state index contributed by atoms with van der Waals surface area (Å²) in [6, 6.07) is 21.5. The van der Waals surface area contributed by atoms with Crippen LogP contribution in [-0.4, -0.2) is 87.5 Å². The molecule has 0 atom stereocenters. The van der Waals surface area contributed by atoms with Crippen LogP contribution in [0.3, 0.4) is 0 Å². The number of nitrogens with zero attached hydrogens (tertiary/aromatic N) is 15. The van der Waals surface area contributed by atoms with Crippen molar-refractivity contribution in [2.45, 2.75) is 124 Å². The minimum Gasteiger partial charge on any atom is -0.317 e. The molecule has 0 bridgehead atoms. The van der Waals surface area contributed by atoms with Crippen LogP contribution in [0.5, 0.6) is 0 Å². The zero-order valence-corrected chi connectivity index (χ0v) is 50.4. The Hall–Kier alpha value is -8.39. The van der Waals surface area contributed by atoms with Crippen molar-refractivity contribution in [1.29, 1.82) is 0 Å². The highest BCUT2D eigenvalue weighted by molar-refractivity contribution is 5.88. The molecule has 12 aromatic rings. The molecule has 440 valence electrons. The van der Waals surface area contributed by atoms with Crippen molar-refractivity contribution in [2.24, 2.45) is 0 Å². The largest absolute Gasteiger partial charge is 0.317 e. The lowest BCUT2D eigenvalue weighted by atomic mass is 9.86. The van der Waals surface area contributed by atoms with Gasteiger partial charge in [-0.3, -0.25) is 0 Å². The van der Waals surface area contributed by atoms with Crippen molar-refractivity contribution in [2.75, 3.05) is 13.1 Å². The fraction of sp³-hybridized carbons (Fsp3) is 0.323. The highest BCUT2D eigenvalue weighted by Gasteiger charge is 2.22. The standard InChI is InChI=1S/C22H22FN5.C22H20FN5.C21H21FN6.2ClH/c2*1-13-8-20(27-28-12-14(2)24-22(13)28)16-9-18(23)17-11-19(25-26-21(17)10-16)15-6-4-3-5-7-15;1-12-7-19(27-28-11-13(2)24-21(12)28)15-8-17(22)16-10-18(25-26-20(16)9-15)14-3-5-23-6-4-14;;/h8-12,15H,3-7H2,1-2H3;6,8-12H,3-5,7H2,1-2H3;7-11,14,23H,3-6H2,1-2H3;2*1H. The summed E-state index contributed by atoms with van der Waals surface area (Å²) in [6.07, 6.45) is 20.2. The van der Waals surface area contributed by atoms with Crippen LogP contribution < -0.4 is 5.32 Å². The van der Waals surface area contributed by atoms with E-state index < -0.39 is 0 Å². The van der Waals surface area contributed by atoms with E-state index in [0.717, 1.165) is 126 Å². The van der Waals surface area contributed by atoms with E-state index in [1.54, 1.807) is 19.6 Å². The van der Waals surface area contributed by atoms with E-state index in [4.69, 9.17) is 0 Å². The minimum atomic E-state index is -0.304. The molecule has 2 aliphatic carbocycles. The van der Waals surface area contributed by atoms with Gasteiger partial charge in [-0.05, 0) is 201 Å². The normalized spacial score (nSPS) is 14.9. The predicted octanol–water partition coefficient (Wildman–Crippen LogP) is 14.6. The van der Waals surface area contributed by atoms with Crippen LogP contribution in [0.25, 0.3) is 89.0 Å². The second-order valence-corrected chi connectivity index (χ2v) is 22.9. The van der Waals surface area contributed by atoms with E-state index in [2.05, 4.69) is 72.2 Å². The molecule has 10 heterocycles. The van der Waals surface area contributed by atoms with Crippen LogP contribution >= 0.6 is 24.8 Å². The Bertz CT molecular complexity index is 4380. The smallest absolute Gasteiger partial charge is 0.156 e. The van der Waals surface area contributed by atoms with E-state index >= 15 is 0 Å². The summed E-state index contributed by atoms with van der Waals surface area (Å²) < 4.78 is 50.2. The second kappa shape index (κ2) is 24.9. The average molecular weight is 1200 g/mol. The van der Waals surface area contributed by atoms with Gasteiger partial charge in [-0.2, -0.15) is 40.8 Å². The summed E-state index contributed by atoms with van der Waals surface area (Å²) in [5.74, 6) is -0.129. The van der Waals surface area contributed by atoms with Crippen molar-refractivity contribution in [3.05, 3.63) is 166 Å². The van der Waals surface area contributed by atoms with Crippen LogP contribution in [0.2, 0.25) is 0 Å². The number of hydrogen-bond donors (Lipinski definition) is 1. The number of benzene rings is 3. The van der Waals surface area contributed by atoms with Gasteiger partial charge < -0.3 is 5.32 Å². The van der Waals surface area contributed by atoms with Gasteiger partial charge in [-0.1, -0.05) is 25.3 Å². The predicted molar refractivity (Wildman–Crippen MR) is 334 cm³/mol. The molecule has 21 heteroatoms. The minimum absolute atomic E-state index is 0. The monoisotopic (exact) mass is 1200 g/mol. The van der Waals surface area contributed by atoms with E-state index in [-0.39, 0.29) is 42.3 Å². The molecule has 9 aromatic heterocycles. The molecule has 15 rings (SSSR count). The summed E-state index contributed by atoms with van der Waals surface area (Å²) in [6.45, 7) is 13.7. The first kappa shape index (κ1) is 59.3. The van der Waals surface area contributed by atoms with Crippen LogP contribution in [0.15, 0.2) is 97.5 Å². The fourth-order valence-electron chi connectivity index (χ4n) is 12.1. The van der Waals surface area contributed by atoms with E-state index in [9.17, 15) is 13.2 Å². The van der Waals surface area contributed by atoms with Gasteiger partial charge in [0.15, 0.2) is 16.9 Å². The highest BCUT2D eigenvalue weighted by Crippen LogP contribution is 2.36. The number of imidazole rings is 3. The number of piperidine rings is 1. The molecule has 3 aromatic carbocycles. The SMILES string of the molecule is Cc1cn2nc(-c3cc(F)c4cc(C5=CCCCC5)nnc4c3)cc(C)c2n1.Cc1cn2nc(-c3cc(F)c4cc(C5CCCCC5)nnc4c3)cc(C)c2n1.Cc1cn2nc(-c3cc(F)c4cc(C5CCNCC5)nnc4c3)cc(C)c2n1.Cl.Cl. The molecule has 0 spiro atoms. The molecule has 1 saturated heterocycles. The van der Waals surface area contributed by atoms with Crippen molar-refractivity contribution in [1.82, 2.24) is 79.7 Å². The molecule has 0 unspecified atom stereocenters. The third kappa shape index (κ3) is 12.1. The zero-order chi connectivity index (χ0) is 57.8. The maximum absolute atomic E-state index is 15.0. The third-order valence-corrected chi connectivity index (χ3v) is 16.5. The number of aryl methyl sites for hydroxylation is 6. The summed E-state index contributed by atoms with van der Waals surface area (Å²) >= 11 is 0. The number of fused-ring (bicyclic) bond motifs is 6. The van der Waals surface area contributed by atoms with Crippen LogP contribution in [-0.2, 0) is 0 Å². The Kier molecular flexibility index (Phi) is 17.2. The summed E-state index contributed by atoms with van der Waals surface area (Å²) in [5.41, 5.74) is 17.7. The van der Waals surface area contributed by atoms with Gasteiger partial charge in [0.2, 0.25) is 0 Å². The molecule has 1 saturated carbocycles. The quantitative estimate of drug-likeness (QED) is 0.166.